The number of hydrogen-bond donors (Lipinski definition) is 1. The van der Waals surface area contributed by atoms with E-state index in [0.717, 1.165) is 0 Å². The fraction of sp³-hybridized carbons (Fsp3) is 0.500. The Morgan fingerprint density at radius 2 is 2.00 bits per heavy atom. The summed E-state index contributed by atoms with van der Waals surface area (Å²) in [6.07, 6.45) is 0.411. The number of benzene rings is 1. The lowest BCUT2D eigenvalue weighted by Gasteiger charge is -2.37. The molecule has 0 unspecified atom stereocenters. The van der Waals surface area contributed by atoms with E-state index in [1.165, 1.54) is 4.90 Å². The minimum absolute atomic E-state index is 0.0431. The van der Waals surface area contributed by atoms with E-state index in [2.05, 4.69) is 0 Å². The fourth-order valence-electron chi connectivity index (χ4n) is 2.66. The van der Waals surface area contributed by atoms with Gasteiger partial charge in [-0.15, -0.1) is 0 Å². The van der Waals surface area contributed by atoms with E-state index >= 15 is 0 Å². The van der Waals surface area contributed by atoms with Gasteiger partial charge in [-0.2, -0.15) is 0 Å². The molecule has 1 fully saturated rings. The zero-order valence-corrected chi connectivity index (χ0v) is 12.3. The van der Waals surface area contributed by atoms with Gasteiger partial charge in [-0.1, -0.05) is 18.2 Å². The number of aliphatic hydroxyl groups is 1. The molecule has 6 heteroatoms. The molecule has 0 aliphatic carbocycles. The summed E-state index contributed by atoms with van der Waals surface area (Å²) < 4.78 is 23.4. The predicted molar refractivity (Wildman–Crippen MR) is 76.2 cm³/mol. The van der Waals surface area contributed by atoms with Crippen LogP contribution in [0.5, 0.6) is 0 Å². The van der Waals surface area contributed by atoms with Crippen LogP contribution in [0.25, 0.3) is 0 Å². The maximum absolute atomic E-state index is 12.6. The van der Waals surface area contributed by atoms with Crippen molar-refractivity contribution in [2.75, 3.05) is 24.7 Å². The molecular formula is C14H19NO4S. The van der Waals surface area contributed by atoms with Crippen molar-refractivity contribution in [2.45, 2.75) is 18.9 Å². The maximum Gasteiger partial charge on any atom is 0.254 e. The normalized spacial score (nSPS) is 24.5. The highest BCUT2D eigenvalue weighted by Gasteiger charge is 2.44. The van der Waals surface area contributed by atoms with Crippen molar-refractivity contribution in [1.29, 1.82) is 0 Å². The van der Waals surface area contributed by atoms with Crippen LogP contribution in [-0.4, -0.2) is 54.5 Å². The molecule has 1 N–H and O–H groups in total. The zero-order chi connectivity index (χ0) is 14.8. The van der Waals surface area contributed by atoms with Crippen molar-refractivity contribution in [3.63, 3.8) is 0 Å². The van der Waals surface area contributed by atoms with Crippen LogP contribution in [0.15, 0.2) is 30.3 Å². The lowest BCUT2D eigenvalue weighted by molar-refractivity contribution is 0.0503. The summed E-state index contributed by atoms with van der Waals surface area (Å²) in [4.78, 5) is 14.1. The summed E-state index contributed by atoms with van der Waals surface area (Å²) in [6, 6.07) is 8.73. The van der Waals surface area contributed by atoms with E-state index in [0.29, 0.717) is 12.0 Å². The topological polar surface area (TPSA) is 74.7 Å². The number of carbonyl (C=O) groups is 1. The molecule has 2 rings (SSSR count). The van der Waals surface area contributed by atoms with Gasteiger partial charge in [-0.25, -0.2) is 8.42 Å². The van der Waals surface area contributed by atoms with E-state index < -0.39 is 15.4 Å². The van der Waals surface area contributed by atoms with Crippen molar-refractivity contribution in [3.8, 4) is 0 Å². The van der Waals surface area contributed by atoms with Crippen LogP contribution in [0.1, 0.15) is 23.7 Å². The van der Waals surface area contributed by atoms with Gasteiger partial charge in [0.15, 0.2) is 9.84 Å². The van der Waals surface area contributed by atoms with Gasteiger partial charge >= 0.3 is 0 Å². The number of amides is 1. The second kappa shape index (κ2) is 5.54. The molecule has 110 valence electrons. The van der Waals surface area contributed by atoms with Crippen LogP contribution in [0.2, 0.25) is 0 Å². The fourth-order valence-corrected chi connectivity index (χ4v) is 4.80. The minimum Gasteiger partial charge on any atom is -0.395 e. The summed E-state index contributed by atoms with van der Waals surface area (Å²) >= 11 is 0. The molecule has 1 aliphatic heterocycles. The van der Waals surface area contributed by atoms with Gasteiger partial charge < -0.3 is 10.0 Å². The van der Waals surface area contributed by atoms with E-state index in [1.807, 2.05) is 6.07 Å². The Kier molecular flexibility index (Phi) is 4.15. The van der Waals surface area contributed by atoms with Gasteiger partial charge in [-0.3, -0.25) is 4.79 Å². The van der Waals surface area contributed by atoms with Gasteiger partial charge in [0, 0.05) is 12.1 Å². The Bertz CT molecular complexity index is 584. The molecule has 0 saturated carbocycles. The second-order valence-electron chi connectivity index (χ2n) is 5.39. The number of carbonyl (C=O) groups excluding carboxylic acids is 1. The number of aliphatic hydroxyl groups excluding tert-OH is 1. The highest BCUT2D eigenvalue weighted by molar-refractivity contribution is 7.91. The molecule has 1 aromatic rings. The Hall–Kier alpha value is -1.40. The van der Waals surface area contributed by atoms with Crippen molar-refractivity contribution < 1.29 is 18.3 Å². The summed E-state index contributed by atoms with van der Waals surface area (Å²) in [5.41, 5.74) is -0.236. The number of nitrogens with zero attached hydrogens (tertiary/aromatic N) is 1. The molecule has 1 atom stereocenters. The molecular weight excluding hydrogens is 278 g/mol. The molecule has 0 bridgehead atoms. The van der Waals surface area contributed by atoms with Crippen LogP contribution >= 0.6 is 0 Å². The summed E-state index contributed by atoms with van der Waals surface area (Å²) in [7, 11) is -3.11. The van der Waals surface area contributed by atoms with Gasteiger partial charge in [0.1, 0.15) is 0 Å². The van der Waals surface area contributed by atoms with Gasteiger partial charge in [0.2, 0.25) is 0 Å². The summed E-state index contributed by atoms with van der Waals surface area (Å²) in [5, 5.41) is 9.19. The second-order valence-corrected chi connectivity index (χ2v) is 7.57. The van der Waals surface area contributed by atoms with Gasteiger partial charge in [-0.05, 0) is 25.5 Å². The third kappa shape index (κ3) is 3.02. The average Bonchev–Trinajstić information content (AvgIpc) is 2.71. The third-order valence-electron chi connectivity index (χ3n) is 3.72. The summed E-state index contributed by atoms with van der Waals surface area (Å²) in [5.74, 6) is -0.189. The standard InChI is InChI=1S/C14H19NO4S/c1-14(7-10-20(18,19)11-14)15(8-9-16)13(17)12-5-3-2-4-6-12/h2-6,16H,7-11H2,1H3/t14-/m1/s1. The first-order chi connectivity index (χ1) is 9.38. The lowest BCUT2D eigenvalue weighted by Crippen LogP contribution is -2.51. The van der Waals surface area contributed by atoms with Crippen LogP contribution < -0.4 is 0 Å². The molecule has 1 aromatic carbocycles. The smallest absolute Gasteiger partial charge is 0.254 e. The lowest BCUT2D eigenvalue weighted by atomic mass is 9.98. The Morgan fingerprint density at radius 1 is 1.35 bits per heavy atom. The van der Waals surface area contributed by atoms with Crippen LogP contribution in [0, 0.1) is 0 Å². The van der Waals surface area contributed by atoms with E-state index in [9.17, 15) is 18.3 Å². The van der Waals surface area contributed by atoms with E-state index in [-0.39, 0.29) is 30.6 Å². The van der Waals surface area contributed by atoms with E-state index in [4.69, 9.17) is 0 Å². The zero-order valence-electron chi connectivity index (χ0n) is 11.4. The molecule has 0 radical (unpaired) electrons. The maximum atomic E-state index is 12.6. The minimum atomic E-state index is -3.11. The number of sulfone groups is 1. The highest BCUT2D eigenvalue weighted by Crippen LogP contribution is 2.30. The average molecular weight is 297 g/mol. The Labute approximate surface area is 119 Å². The monoisotopic (exact) mass is 297 g/mol. The van der Waals surface area contributed by atoms with Crippen LogP contribution in [0.3, 0.4) is 0 Å². The van der Waals surface area contributed by atoms with Gasteiger partial charge in [0.05, 0.1) is 23.7 Å². The van der Waals surface area contributed by atoms with Crippen LogP contribution in [0.4, 0.5) is 0 Å². The highest BCUT2D eigenvalue weighted by atomic mass is 32.2. The SMILES string of the molecule is C[C@@]1(N(CCO)C(=O)c2ccccc2)CCS(=O)(=O)C1. The number of rotatable bonds is 4. The first kappa shape index (κ1) is 15.0. The molecule has 5 nitrogen and oxygen atoms in total. The largest absolute Gasteiger partial charge is 0.395 e. The summed E-state index contributed by atoms with van der Waals surface area (Å²) in [6.45, 7) is 1.72. The Balaban J connectivity index is 2.30. The van der Waals surface area contributed by atoms with Crippen molar-refractivity contribution >= 4 is 15.7 Å². The third-order valence-corrected chi connectivity index (χ3v) is 5.61. The molecule has 20 heavy (non-hydrogen) atoms. The molecule has 0 spiro atoms. The first-order valence-corrected chi connectivity index (χ1v) is 8.38. The van der Waals surface area contributed by atoms with Gasteiger partial charge in [0.25, 0.3) is 5.91 Å². The van der Waals surface area contributed by atoms with Crippen molar-refractivity contribution in [2.24, 2.45) is 0 Å². The number of β-amino-alcohol motifs (C(OH)–C–C–N with tert-alkyl or cyclic N) is 1. The Morgan fingerprint density at radius 3 is 2.50 bits per heavy atom. The van der Waals surface area contributed by atoms with E-state index in [1.54, 1.807) is 31.2 Å². The predicted octanol–water partition coefficient (Wildman–Crippen LogP) is 0.698. The molecule has 1 saturated heterocycles. The molecule has 1 aliphatic rings. The molecule has 1 amide bonds. The number of hydrogen-bond acceptors (Lipinski definition) is 4. The van der Waals surface area contributed by atoms with Crippen molar-refractivity contribution in [3.05, 3.63) is 35.9 Å². The van der Waals surface area contributed by atoms with Crippen molar-refractivity contribution in [1.82, 2.24) is 4.90 Å². The van der Waals surface area contributed by atoms with Crippen LogP contribution in [-0.2, 0) is 9.84 Å². The first-order valence-electron chi connectivity index (χ1n) is 6.56. The quantitative estimate of drug-likeness (QED) is 0.887. The molecule has 1 heterocycles. The molecule has 0 aromatic heterocycles.